The summed E-state index contributed by atoms with van der Waals surface area (Å²) in [5.74, 6) is 2.41. The minimum atomic E-state index is -4.64. The molecule has 1 saturated heterocycles. The van der Waals surface area contributed by atoms with Crippen molar-refractivity contribution in [3.63, 3.8) is 0 Å². The second-order valence-electron chi connectivity index (χ2n) is 8.73. The summed E-state index contributed by atoms with van der Waals surface area (Å²) in [5, 5.41) is 0. The van der Waals surface area contributed by atoms with Crippen LogP contribution in [0.4, 0.5) is 3.89 Å². The van der Waals surface area contributed by atoms with E-state index in [0.717, 1.165) is 0 Å². The van der Waals surface area contributed by atoms with Crippen LogP contribution in [0.3, 0.4) is 0 Å². The number of hydrogen-bond donors (Lipinski definition) is 0. The summed E-state index contributed by atoms with van der Waals surface area (Å²) in [4.78, 5) is 0. The van der Waals surface area contributed by atoms with Crippen molar-refractivity contribution in [3.8, 4) is 11.5 Å². The van der Waals surface area contributed by atoms with E-state index in [0.29, 0.717) is 16.6 Å². The molecule has 0 bridgehead atoms. The van der Waals surface area contributed by atoms with Gasteiger partial charge in [0.05, 0.1) is 11.2 Å². The van der Waals surface area contributed by atoms with E-state index >= 15 is 0 Å². The van der Waals surface area contributed by atoms with Crippen LogP contribution in [0.25, 0.3) is 0 Å². The Morgan fingerprint density at radius 3 is 2.08 bits per heavy atom. The topological polar surface area (TPSA) is 52.6 Å². The Morgan fingerprint density at radius 2 is 1.62 bits per heavy atom. The van der Waals surface area contributed by atoms with Crippen molar-refractivity contribution in [2.45, 2.75) is 64.3 Å². The largest absolute Gasteiger partial charge is 0.494 e. The second-order valence-corrected chi connectivity index (χ2v) is 14.9. The minimum Gasteiger partial charge on any atom is -0.399 e. The summed E-state index contributed by atoms with van der Waals surface area (Å²) < 4.78 is 47.5. The van der Waals surface area contributed by atoms with Crippen molar-refractivity contribution >= 4 is 30.9 Å². The lowest BCUT2D eigenvalue weighted by Crippen LogP contribution is -2.41. The Balaban J connectivity index is 2.48. The zero-order valence-corrected chi connectivity index (χ0v) is 18.3. The molecule has 1 aliphatic heterocycles. The van der Waals surface area contributed by atoms with E-state index in [2.05, 4.69) is 31.1 Å². The molecule has 8 heteroatoms. The molecular weight excluding hydrogens is 370 g/mol. The molecule has 1 aromatic carbocycles. The van der Waals surface area contributed by atoms with Crippen LogP contribution in [0.15, 0.2) is 18.2 Å². The summed E-state index contributed by atoms with van der Waals surface area (Å²) >= 11 is 0. The first-order chi connectivity index (χ1) is 11.6. The molecule has 0 aliphatic carbocycles. The van der Waals surface area contributed by atoms with E-state index in [1.807, 2.05) is 33.8 Å². The molecule has 0 spiro atoms. The van der Waals surface area contributed by atoms with Gasteiger partial charge in [-0.15, -0.1) is 9.43 Å². The fourth-order valence-corrected chi connectivity index (χ4v) is 3.53. The molecule has 26 heavy (non-hydrogen) atoms. The van der Waals surface area contributed by atoms with E-state index < -0.39 is 42.4 Å². The van der Waals surface area contributed by atoms with Gasteiger partial charge in [-0.25, -0.2) is 0 Å². The fraction of sp³-hybridized carbons (Fsp3) is 0.556. The van der Waals surface area contributed by atoms with Crippen LogP contribution in [0.5, 0.6) is 0 Å². The molecule has 1 heterocycles. The summed E-state index contributed by atoms with van der Waals surface area (Å²) in [6.07, 6.45) is 0. The van der Waals surface area contributed by atoms with Crippen LogP contribution in [0.2, 0.25) is 19.6 Å². The van der Waals surface area contributed by atoms with Gasteiger partial charge in [0, 0.05) is 5.56 Å². The molecule has 0 aromatic heterocycles. The Morgan fingerprint density at radius 1 is 1.08 bits per heavy atom. The molecule has 0 radical (unpaired) electrons. The molecule has 2 rings (SSSR count). The first-order valence-electron chi connectivity index (χ1n) is 8.53. The lowest BCUT2D eigenvalue weighted by atomic mass is 9.77. The van der Waals surface area contributed by atoms with E-state index in [-0.39, 0.29) is 0 Å². The Bertz CT molecular complexity index is 847. The van der Waals surface area contributed by atoms with Crippen molar-refractivity contribution in [1.82, 2.24) is 0 Å². The normalized spacial score (nSPS) is 19.2. The highest BCUT2D eigenvalue weighted by molar-refractivity contribution is 7.85. The minimum absolute atomic E-state index is 0.333. The molecule has 4 nitrogen and oxygen atoms in total. The summed E-state index contributed by atoms with van der Waals surface area (Å²) in [6, 6.07) is 5.04. The number of benzene rings is 1. The highest BCUT2D eigenvalue weighted by atomic mass is 32.3. The van der Waals surface area contributed by atoms with Gasteiger partial charge in [0.25, 0.3) is 0 Å². The third kappa shape index (κ3) is 5.43. The van der Waals surface area contributed by atoms with Crippen LogP contribution < -0.4 is 5.46 Å². The Hall–Kier alpha value is -1.14. The predicted molar refractivity (Wildman–Crippen MR) is 106 cm³/mol. The molecule has 142 valence electrons. The molecule has 0 atom stereocenters. The lowest BCUT2D eigenvalue weighted by molar-refractivity contribution is 0.00578. The first-order valence-corrected chi connectivity index (χ1v) is 13.6. The fourth-order valence-electron chi connectivity index (χ4n) is 2.45. The van der Waals surface area contributed by atoms with E-state index in [1.54, 1.807) is 12.1 Å². The first kappa shape index (κ1) is 21.2. The average Bonchev–Trinajstić information content (AvgIpc) is 2.62. The second kappa shape index (κ2) is 6.79. The Kier molecular flexibility index (Phi) is 5.53. The van der Waals surface area contributed by atoms with Gasteiger partial charge in [-0.1, -0.05) is 31.6 Å². The maximum Gasteiger partial charge on any atom is 0.494 e. The number of hydrogen-bond acceptors (Lipinski definition) is 4. The van der Waals surface area contributed by atoms with Gasteiger partial charge < -0.3 is 9.31 Å². The van der Waals surface area contributed by atoms with Gasteiger partial charge in [-0.05, 0) is 50.9 Å². The molecular formula is C18H26BFO4SSi. The third-order valence-electron chi connectivity index (χ3n) is 4.46. The van der Waals surface area contributed by atoms with Crippen LogP contribution in [-0.2, 0) is 25.3 Å². The van der Waals surface area contributed by atoms with E-state index in [1.165, 1.54) is 0 Å². The van der Waals surface area contributed by atoms with Gasteiger partial charge >= 0.3 is 17.3 Å². The predicted octanol–water partition coefficient (Wildman–Crippen LogP) is 3.01. The van der Waals surface area contributed by atoms with Gasteiger partial charge in [0.1, 0.15) is 13.8 Å². The van der Waals surface area contributed by atoms with Crippen LogP contribution in [0.1, 0.15) is 38.8 Å². The van der Waals surface area contributed by atoms with E-state index in [9.17, 15) is 12.3 Å². The molecule has 1 aliphatic rings. The Labute approximate surface area is 157 Å². The molecule has 0 unspecified atom stereocenters. The quantitative estimate of drug-likeness (QED) is 0.448. The number of rotatable bonds is 3. The van der Waals surface area contributed by atoms with Gasteiger partial charge in [0.15, 0.2) is 0 Å². The molecule has 1 aromatic rings. The summed E-state index contributed by atoms with van der Waals surface area (Å²) in [5.41, 5.74) is 3.81. The molecule has 1 fully saturated rings. The highest BCUT2D eigenvalue weighted by Gasteiger charge is 2.51. The van der Waals surface area contributed by atoms with Crippen molar-refractivity contribution < 1.29 is 21.6 Å². The van der Waals surface area contributed by atoms with Crippen molar-refractivity contribution in [3.05, 3.63) is 29.3 Å². The van der Waals surface area contributed by atoms with Gasteiger partial charge in [-0.3, -0.25) is 0 Å². The maximum atomic E-state index is 13.2. The molecule has 0 N–H and O–H groups in total. The smallest absolute Gasteiger partial charge is 0.399 e. The molecule has 0 saturated carbocycles. The third-order valence-corrected chi connectivity index (χ3v) is 6.01. The summed E-state index contributed by atoms with van der Waals surface area (Å²) in [6.45, 7) is 14.1. The standard InChI is InChI=1S/C18H26BFO4SSi/c1-17(2)18(3,4)24-19(23-17)16-11-14(8-9-26(5,6)7)10-15(12-16)13-25(20,21)22/h10-12H,13H2,1-7H3. The maximum absolute atomic E-state index is 13.2. The van der Waals surface area contributed by atoms with E-state index in [4.69, 9.17) is 9.31 Å². The van der Waals surface area contributed by atoms with Gasteiger partial charge in [-0.2, -0.15) is 8.42 Å². The number of halogens is 1. The highest BCUT2D eigenvalue weighted by Crippen LogP contribution is 2.36. The monoisotopic (exact) mass is 396 g/mol. The van der Waals surface area contributed by atoms with Crippen LogP contribution in [-0.4, -0.2) is 34.8 Å². The molecule has 0 amide bonds. The van der Waals surface area contributed by atoms with Crippen molar-refractivity contribution in [1.29, 1.82) is 0 Å². The zero-order chi connectivity index (χ0) is 20.0. The van der Waals surface area contributed by atoms with Gasteiger partial charge in [0.2, 0.25) is 0 Å². The summed E-state index contributed by atoms with van der Waals surface area (Å²) in [7, 11) is -6.92. The van der Waals surface area contributed by atoms with Crippen molar-refractivity contribution in [2.24, 2.45) is 0 Å². The SMILES string of the molecule is CC1(C)OB(c2cc(C#C[Si](C)(C)C)cc(CS(=O)(=O)F)c2)OC1(C)C. The zero-order valence-electron chi connectivity index (χ0n) is 16.4. The van der Waals surface area contributed by atoms with Crippen LogP contribution in [0, 0.1) is 11.5 Å². The average molecular weight is 396 g/mol. The van der Waals surface area contributed by atoms with Crippen molar-refractivity contribution in [2.75, 3.05) is 0 Å². The lowest BCUT2D eigenvalue weighted by Gasteiger charge is -2.32. The van der Waals surface area contributed by atoms with Crippen LogP contribution >= 0.6 is 0 Å².